The van der Waals surface area contributed by atoms with E-state index in [1.54, 1.807) is 18.6 Å². The fourth-order valence-corrected chi connectivity index (χ4v) is 1.60. The van der Waals surface area contributed by atoms with Crippen LogP contribution in [0.1, 0.15) is 37.1 Å². The van der Waals surface area contributed by atoms with Crippen LogP contribution in [0.3, 0.4) is 0 Å². The lowest BCUT2D eigenvalue weighted by Gasteiger charge is -2.12. The Morgan fingerprint density at radius 3 is 2.76 bits per heavy atom. The number of pyridine rings is 1. The molecular formula is C13H17N3O. The Morgan fingerprint density at radius 2 is 2.12 bits per heavy atom. The predicted octanol–water partition coefficient (Wildman–Crippen LogP) is 2.48. The van der Waals surface area contributed by atoms with Crippen LogP contribution in [0.4, 0.5) is 0 Å². The van der Waals surface area contributed by atoms with Crippen LogP contribution in [-0.2, 0) is 13.0 Å². The molecule has 4 heteroatoms. The number of nitrogens with zero attached hydrogens (tertiary/aromatic N) is 2. The summed E-state index contributed by atoms with van der Waals surface area (Å²) in [7, 11) is 0. The van der Waals surface area contributed by atoms with E-state index in [1.165, 1.54) is 5.56 Å². The highest BCUT2D eigenvalue weighted by Crippen LogP contribution is 2.11. The zero-order chi connectivity index (χ0) is 12.1. The van der Waals surface area contributed by atoms with Crippen LogP contribution in [0.15, 0.2) is 35.1 Å². The number of hydrogen-bond donors (Lipinski definition) is 1. The van der Waals surface area contributed by atoms with Gasteiger partial charge in [0.1, 0.15) is 5.76 Å². The number of hydrogen-bond acceptors (Lipinski definition) is 4. The number of nitrogens with one attached hydrogen (secondary N) is 1. The predicted molar refractivity (Wildman–Crippen MR) is 65.4 cm³/mol. The lowest BCUT2D eigenvalue weighted by molar-refractivity contribution is 0.424. The summed E-state index contributed by atoms with van der Waals surface area (Å²) >= 11 is 0. The fourth-order valence-electron chi connectivity index (χ4n) is 1.60. The van der Waals surface area contributed by atoms with E-state index in [0.717, 1.165) is 18.1 Å². The quantitative estimate of drug-likeness (QED) is 0.859. The van der Waals surface area contributed by atoms with Crippen LogP contribution in [-0.4, -0.2) is 9.97 Å². The Kier molecular flexibility index (Phi) is 3.88. The second-order valence-electron chi connectivity index (χ2n) is 3.96. The minimum Gasteiger partial charge on any atom is -0.444 e. The molecule has 1 unspecified atom stereocenters. The lowest BCUT2D eigenvalue weighted by Crippen LogP contribution is -2.18. The summed E-state index contributed by atoms with van der Waals surface area (Å²) in [6.07, 6.45) is 6.27. The van der Waals surface area contributed by atoms with E-state index in [4.69, 9.17) is 4.42 Å². The molecular weight excluding hydrogens is 214 g/mol. The van der Waals surface area contributed by atoms with Crippen molar-refractivity contribution in [2.75, 3.05) is 0 Å². The van der Waals surface area contributed by atoms with Gasteiger partial charge in [0.15, 0.2) is 0 Å². The van der Waals surface area contributed by atoms with Crippen molar-refractivity contribution in [1.29, 1.82) is 0 Å². The third kappa shape index (κ3) is 3.14. The molecule has 0 saturated carbocycles. The van der Waals surface area contributed by atoms with Crippen molar-refractivity contribution < 1.29 is 4.42 Å². The van der Waals surface area contributed by atoms with Gasteiger partial charge in [0.05, 0.1) is 12.7 Å². The van der Waals surface area contributed by atoms with Gasteiger partial charge in [-0.25, -0.2) is 4.98 Å². The largest absolute Gasteiger partial charge is 0.444 e. The van der Waals surface area contributed by atoms with Crippen molar-refractivity contribution in [3.8, 4) is 0 Å². The monoisotopic (exact) mass is 231 g/mol. The van der Waals surface area contributed by atoms with E-state index in [9.17, 15) is 0 Å². The summed E-state index contributed by atoms with van der Waals surface area (Å²) in [5.41, 5.74) is 1.21. The van der Waals surface area contributed by atoms with Gasteiger partial charge in [0.25, 0.3) is 0 Å². The van der Waals surface area contributed by atoms with Crippen LogP contribution >= 0.6 is 0 Å². The third-order valence-electron chi connectivity index (χ3n) is 2.72. The molecule has 0 amide bonds. The number of aromatic nitrogens is 2. The van der Waals surface area contributed by atoms with Gasteiger partial charge in [0.2, 0.25) is 5.89 Å². The molecule has 0 aromatic carbocycles. The van der Waals surface area contributed by atoms with Gasteiger partial charge in [-0.1, -0.05) is 6.92 Å². The topological polar surface area (TPSA) is 51.0 Å². The molecule has 2 rings (SSSR count). The van der Waals surface area contributed by atoms with E-state index >= 15 is 0 Å². The van der Waals surface area contributed by atoms with Crippen molar-refractivity contribution in [1.82, 2.24) is 15.3 Å². The van der Waals surface area contributed by atoms with Gasteiger partial charge in [-0.2, -0.15) is 0 Å². The van der Waals surface area contributed by atoms with Crippen LogP contribution in [0.25, 0.3) is 0 Å². The van der Waals surface area contributed by atoms with Gasteiger partial charge in [-0.05, 0) is 24.6 Å². The number of aryl methyl sites for hydroxylation is 1. The molecule has 0 fully saturated rings. The van der Waals surface area contributed by atoms with Crippen LogP contribution in [0, 0.1) is 0 Å². The zero-order valence-corrected chi connectivity index (χ0v) is 10.2. The van der Waals surface area contributed by atoms with Crippen molar-refractivity contribution >= 4 is 0 Å². The maximum atomic E-state index is 5.53. The molecule has 0 saturated heterocycles. The molecule has 4 nitrogen and oxygen atoms in total. The number of rotatable bonds is 5. The Bertz CT molecular complexity index is 453. The molecule has 0 aliphatic carbocycles. The van der Waals surface area contributed by atoms with Gasteiger partial charge in [-0.15, -0.1) is 0 Å². The average Bonchev–Trinajstić information content (AvgIpc) is 2.85. The Labute approximate surface area is 101 Å². The smallest absolute Gasteiger partial charge is 0.208 e. The third-order valence-corrected chi connectivity index (χ3v) is 2.72. The molecule has 0 spiro atoms. The summed E-state index contributed by atoms with van der Waals surface area (Å²) in [6.45, 7) is 4.81. The van der Waals surface area contributed by atoms with Crippen molar-refractivity contribution in [3.05, 3.63) is 47.9 Å². The Morgan fingerprint density at radius 1 is 1.35 bits per heavy atom. The first-order chi connectivity index (χ1) is 8.29. The first-order valence-electron chi connectivity index (χ1n) is 5.86. The maximum Gasteiger partial charge on any atom is 0.208 e. The minimum absolute atomic E-state index is 0.259. The molecule has 0 bridgehead atoms. The van der Waals surface area contributed by atoms with E-state index in [0.29, 0.717) is 6.54 Å². The minimum atomic E-state index is 0.259. The molecule has 0 aliphatic rings. The zero-order valence-electron chi connectivity index (χ0n) is 10.2. The second-order valence-corrected chi connectivity index (χ2v) is 3.96. The molecule has 90 valence electrons. The van der Waals surface area contributed by atoms with E-state index in [-0.39, 0.29) is 6.04 Å². The summed E-state index contributed by atoms with van der Waals surface area (Å²) in [5, 5.41) is 3.37. The van der Waals surface area contributed by atoms with Crippen LogP contribution in [0.5, 0.6) is 0 Å². The van der Waals surface area contributed by atoms with E-state index < -0.39 is 0 Å². The van der Waals surface area contributed by atoms with Gasteiger partial charge in [-0.3, -0.25) is 4.98 Å². The highest BCUT2D eigenvalue weighted by atomic mass is 16.4. The molecule has 1 N–H and O–H groups in total. The average molecular weight is 231 g/mol. The standard InChI is InChI=1S/C13H17N3O/c1-3-12-8-16-13(17-12)9-15-10(2)11-4-6-14-7-5-11/h4-8,10,15H,3,9H2,1-2H3. The summed E-state index contributed by atoms with van der Waals surface area (Å²) in [6, 6.07) is 4.27. The molecule has 2 aromatic heterocycles. The highest BCUT2D eigenvalue weighted by molar-refractivity contribution is 5.13. The van der Waals surface area contributed by atoms with Gasteiger partial charge in [0, 0.05) is 24.9 Å². The second kappa shape index (κ2) is 5.59. The van der Waals surface area contributed by atoms with Crippen molar-refractivity contribution in [2.45, 2.75) is 32.9 Å². The van der Waals surface area contributed by atoms with Gasteiger partial charge < -0.3 is 9.73 Å². The molecule has 2 heterocycles. The number of oxazole rings is 1. The Balaban J connectivity index is 1.90. The van der Waals surface area contributed by atoms with Gasteiger partial charge >= 0.3 is 0 Å². The lowest BCUT2D eigenvalue weighted by atomic mass is 10.1. The molecule has 0 aliphatic heterocycles. The summed E-state index contributed by atoms with van der Waals surface area (Å²) in [4.78, 5) is 8.21. The van der Waals surface area contributed by atoms with E-state index in [1.807, 2.05) is 12.1 Å². The maximum absolute atomic E-state index is 5.53. The van der Waals surface area contributed by atoms with Crippen LogP contribution in [0.2, 0.25) is 0 Å². The first kappa shape index (κ1) is 11.8. The Hall–Kier alpha value is -1.68. The molecule has 1 atom stereocenters. The fraction of sp³-hybridized carbons (Fsp3) is 0.385. The SMILES string of the molecule is CCc1cnc(CNC(C)c2ccncc2)o1. The van der Waals surface area contributed by atoms with Crippen molar-refractivity contribution in [3.63, 3.8) is 0 Å². The molecule has 2 aromatic rings. The summed E-state index contributed by atoms with van der Waals surface area (Å²) in [5.74, 6) is 1.67. The normalized spacial score (nSPS) is 12.6. The molecule has 0 radical (unpaired) electrons. The first-order valence-corrected chi connectivity index (χ1v) is 5.86. The summed E-state index contributed by atoms with van der Waals surface area (Å²) < 4.78 is 5.53. The van der Waals surface area contributed by atoms with E-state index in [2.05, 4.69) is 29.1 Å². The molecule has 17 heavy (non-hydrogen) atoms. The van der Waals surface area contributed by atoms with Crippen molar-refractivity contribution in [2.24, 2.45) is 0 Å². The van der Waals surface area contributed by atoms with Crippen LogP contribution < -0.4 is 5.32 Å². The highest BCUT2D eigenvalue weighted by Gasteiger charge is 2.07.